The van der Waals surface area contributed by atoms with Gasteiger partial charge in [-0.05, 0) is 43.8 Å². The Kier molecular flexibility index (Phi) is 3.12. The Balaban J connectivity index is 2.42. The maximum absolute atomic E-state index is 6.08. The van der Waals surface area contributed by atoms with Crippen LogP contribution in [0.25, 0.3) is 0 Å². The van der Waals surface area contributed by atoms with Crippen LogP contribution in [0.1, 0.15) is 29.1 Å². The van der Waals surface area contributed by atoms with Gasteiger partial charge in [0.15, 0.2) is 0 Å². The highest BCUT2D eigenvalue weighted by molar-refractivity contribution is 7.10. The molecular formula is C12H17N3S. The number of aryl methyl sites for hydroxylation is 2. The first-order valence-corrected chi connectivity index (χ1v) is 6.29. The summed E-state index contributed by atoms with van der Waals surface area (Å²) in [7, 11) is 0. The zero-order valence-corrected chi connectivity index (χ0v) is 10.7. The minimum Gasteiger partial charge on any atom is -0.326 e. The first-order chi connectivity index (χ1) is 7.59. The van der Waals surface area contributed by atoms with E-state index in [0.717, 1.165) is 5.69 Å². The maximum atomic E-state index is 6.08. The molecule has 0 fully saturated rings. The van der Waals surface area contributed by atoms with Crippen LogP contribution in [0.2, 0.25) is 0 Å². The smallest absolute Gasteiger partial charge is 0.101 e. The van der Waals surface area contributed by atoms with E-state index < -0.39 is 0 Å². The van der Waals surface area contributed by atoms with Crippen LogP contribution >= 0.6 is 11.3 Å². The molecule has 2 heterocycles. The molecule has 0 amide bonds. The van der Waals surface area contributed by atoms with Crippen molar-refractivity contribution in [1.29, 1.82) is 0 Å². The SMILES string of the molecule is Cc1ccn(C(c2sccc2C)C(C)N)n1. The zero-order valence-electron chi connectivity index (χ0n) is 9.84. The molecule has 4 heteroatoms. The van der Waals surface area contributed by atoms with Crippen molar-refractivity contribution in [2.24, 2.45) is 5.73 Å². The molecule has 0 aromatic carbocycles. The third-order valence-corrected chi connectivity index (χ3v) is 3.78. The Hall–Kier alpha value is -1.13. The summed E-state index contributed by atoms with van der Waals surface area (Å²) in [5.41, 5.74) is 8.40. The summed E-state index contributed by atoms with van der Waals surface area (Å²) in [4.78, 5) is 1.30. The molecule has 86 valence electrons. The summed E-state index contributed by atoms with van der Waals surface area (Å²) < 4.78 is 1.97. The zero-order chi connectivity index (χ0) is 11.7. The molecule has 0 spiro atoms. The van der Waals surface area contributed by atoms with Gasteiger partial charge in [-0.3, -0.25) is 4.68 Å². The van der Waals surface area contributed by atoms with Crippen molar-refractivity contribution in [3.8, 4) is 0 Å². The average Bonchev–Trinajstić information content (AvgIpc) is 2.78. The number of hydrogen-bond donors (Lipinski definition) is 1. The molecule has 0 bridgehead atoms. The summed E-state index contributed by atoms with van der Waals surface area (Å²) in [6, 6.07) is 4.34. The second kappa shape index (κ2) is 4.39. The topological polar surface area (TPSA) is 43.8 Å². The third kappa shape index (κ3) is 2.03. The van der Waals surface area contributed by atoms with E-state index in [1.807, 2.05) is 30.8 Å². The fourth-order valence-corrected chi connectivity index (χ4v) is 3.01. The standard InChI is InChI=1S/C12H17N3S/c1-8-5-7-16-12(8)11(10(3)13)15-6-4-9(2)14-15/h4-7,10-11H,13H2,1-3H3. The molecule has 2 rings (SSSR count). The molecule has 16 heavy (non-hydrogen) atoms. The van der Waals surface area contributed by atoms with Gasteiger partial charge in [0.1, 0.15) is 6.04 Å². The van der Waals surface area contributed by atoms with E-state index in [-0.39, 0.29) is 12.1 Å². The van der Waals surface area contributed by atoms with Gasteiger partial charge in [0, 0.05) is 17.1 Å². The lowest BCUT2D eigenvalue weighted by Gasteiger charge is -2.21. The fourth-order valence-electron chi connectivity index (χ4n) is 1.88. The van der Waals surface area contributed by atoms with Crippen molar-refractivity contribution in [1.82, 2.24) is 9.78 Å². The summed E-state index contributed by atoms with van der Waals surface area (Å²) >= 11 is 1.75. The van der Waals surface area contributed by atoms with E-state index >= 15 is 0 Å². The lowest BCUT2D eigenvalue weighted by Crippen LogP contribution is -2.30. The van der Waals surface area contributed by atoms with Crippen LogP contribution in [0.15, 0.2) is 23.7 Å². The monoisotopic (exact) mass is 235 g/mol. The molecule has 0 radical (unpaired) electrons. The molecular weight excluding hydrogens is 218 g/mol. The quantitative estimate of drug-likeness (QED) is 0.888. The normalized spacial score (nSPS) is 15.0. The van der Waals surface area contributed by atoms with E-state index in [2.05, 4.69) is 23.5 Å². The van der Waals surface area contributed by atoms with E-state index in [1.54, 1.807) is 11.3 Å². The van der Waals surface area contributed by atoms with Crippen molar-refractivity contribution in [2.75, 3.05) is 0 Å². The number of hydrogen-bond acceptors (Lipinski definition) is 3. The largest absolute Gasteiger partial charge is 0.326 e. The summed E-state index contributed by atoms with van der Waals surface area (Å²) in [5, 5.41) is 6.58. The number of nitrogens with zero attached hydrogens (tertiary/aromatic N) is 2. The minimum absolute atomic E-state index is 0.0525. The predicted molar refractivity (Wildman–Crippen MR) is 67.8 cm³/mol. The van der Waals surface area contributed by atoms with Crippen molar-refractivity contribution >= 4 is 11.3 Å². The van der Waals surface area contributed by atoms with Crippen LogP contribution in [0, 0.1) is 13.8 Å². The fraction of sp³-hybridized carbons (Fsp3) is 0.417. The number of thiophene rings is 1. The van der Waals surface area contributed by atoms with E-state index in [1.165, 1.54) is 10.4 Å². The van der Waals surface area contributed by atoms with E-state index in [9.17, 15) is 0 Å². The van der Waals surface area contributed by atoms with E-state index in [4.69, 9.17) is 5.73 Å². The van der Waals surface area contributed by atoms with Gasteiger partial charge in [0.05, 0.1) is 5.69 Å². The summed E-state index contributed by atoms with van der Waals surface area (Å²) in [6.07, 6.45) is 2.00. The highest BCUT2D eigenvalue weighted by Crippen LogP contribution is 2.28. The second-order valence-electron chi connectivity index (χ2n) is 4.21. The van der Waals surface area contributed by atoms with Crippen molar-refractivity contribution in [3.63, 3.8) is 0 Å². The molecule has 0 saturated carbocycles. The van der Waals surface area contributed by atoms with Crippen molar-refractivity contribution in [2.45, 2.75) is 32.9 Å². The molecule has 0 aliphatic carbocycles. The maximum Gasteiger partial charge on any atom is 0.101 e. The Bertz CT molecular complexity index is 470. The average molecular weight is 235 g/mol. The van der Waals surface area contributed by atoms with Crippen LogP contribution in [0.5, 0.6) is 0 Å². The van der Waals surface area contributed by atoms with Gasteiger partial charge in [-0.2, -0.15) is 5.10 Å². The van der Waals surface area contributed by atoms with Crippen LogP contribution in [-0.2, 0) is 0 Å². The van der Waals surface area contributed by atoms with Gasteiger partial charge in [-0.1, -0.05) is 0 Å². The van der Waals surface area contributed by atoms with Gasteiger partial charge in [-0.15, -0.1) is 11.3 Å². The van der Waals surface area contributed by atoms with Gasteiger partial charge in [0.25, 0.3) is 0 Å². The van der Waals surface area contributed by atoms with Crippen molar-refractivity contribution in [3.05, 3.63) is 39.8 Å². The first kappa shape index (κ1) is 11.4. The third-order valence-electron chi connectivity index (χ3n) is 2.70. The second-order valence-corrected chi connectivity index (χ2v) is 5.16. The first-order valence-electron chi connectivity index (χ1n) is 5.41. The number of nitrogens with two attached hydrogens (primary N) is 1. The van der Waals surface area contributed by atoms with Crippen molar-refractivity contribution < 1.29 is 0 Å². The van der Waals surface area contributed by atoms with Crippen LogP contribution < -0.4 is 5.73 Å². The van der Waals surface area contributed by atoms with E-state index in [0.29, 0.717) is 0 Å². The predicted octanol–water partition coefficient (Wildman–Crippen LogP) is 2.50. The molecule has 2 aromatic heterocycles. The Morgan fingerprint density at radius 3 is 2.56 bits per heavy atom. The molecule has 2 N–H and O–H groups in total. The number of rotatable bonds is 3. The highest BCUT2D eigenvalue weighted by atomic mass is 32.1. The summed E-state index contributed by atoms with van der Waals surface area (Å²) in [5.74, 6) is 0. The molecule has 2 unspecified atom stereocenters. The highest BCUT2D eigenvalue weighted by Gasteiger charge is 2.21. The molecule has 2 atom stereocenters. The van der Waals surface area contributed by atoms with Gasteiger partial charge in [-0.25, -0.2) is 0 Å². The van der Waals surface area contributed by atoms with Gasteiger partial charge >= 0.3 is 0 Å². The van der Waals surface area contributed by atoms with Crippen LogP contribution in [0.4, 0.5) is 0 Å². The lowest BCUT2D eigenvalue weighted by atomic mass is 10.1. The Morgan fingerprint density at radius 1 is 1.38 bits per heavy atom. The van der Waals surface area contributed by atoms with Crippen LogP contribution in [0.3, 0.4) is 0 Å². The lowest BCUT2D eigenvalue weighted by molar-refractivity contribution is 0.457. The van der Waals surface area contributed by atoms with Gasteiger partial charge in [0.2, 0.25) is 0 Å². The molecule has 3 nitrogen and oxygen atoms in total. The summed E-state index contributed by atoms with van der Waals surface area (Å²) in [6.45, 7) is 6.15. The molecule has 0 aliphatic rings. The molecule has 0 saturated heterocycles. The van der Waals surface area contributed by atoms with Crippen LogP contribution in [-0.4, -0.2) is 15.8 Å². The Labute approximate surface area is 99.9 Å². The number of aromatic nitrogens is 2. The minimum atomic E-state index is 0.0525. The van der Waals surface area contributed by atoms with Gasteiger partial charge < -0.3 is 5.73 Å². The molecule has 2 aromatic rings. The molecule has 0 aliphatic heterocycles. The Morgan fingerprint density at radius 2 is 2.12 bits per heavy atom.